The van der Waals surface area contributed by atoms with Gasteiger partial charge in [0.1, 0.15) is 16.7 Å². The standard InChI is InChI=1S/C9H10N4S/c1-9(2-3-9)13-7-6-8(11-4-10-7)14-5-12-6/h4-5H,2-3H2,1H3,(H,10,11,13). The van der Waals surface area contributed by atoms with Crippen molar-refractivity contribution in [3.05, 3.63) is 11.8 Å². The molecule has 4 nitrogen and oxygen atoms in total. The van der Waals surface area contributed by atoms with Crippen LogP contribution < -0.4 is 5.32 Å². The molecule has 0 spiro atoms. The quantitative estimate of drug-likeness (QED) is 0.817. The van der Waals surface area contributed by atoms with Crippen molar-refractivity contribution in [1.29, 1.82) is 0 Å². The van der Waals surface area contributed by atoms with Gasteiger partial charge in [0, 0.05) is 5.54 Å². The van der Waals surface area contributed by atoms with Crippen molar-refractivity contribution in [2.45, 2.75) is 25.3 Å². The molecule has 2 aromatic heterocycles. The molecule has 1 aliphatic rings. The molecule has 0 bridgehead atoms. The highest BCUT2D eigenvalue weighted by molar-refractivity contribution is 7.16. The minimum absolute atomic E-state index is 0.241. The van der Waals surface area contributed by atoms with Crippen molar-refractivity contribution in [3.63, 3.8) is 0 Å². The van der Waals surface area contributed by atoms with Gasteiger partial charge in [0.05, 0.1) is 5.51 Å². The molecule has 0 radical (unpaired) electrons. The van der Waals surface area contributed by atoms with Crippen molar-refractivity contribution >= 4 is 27.5 Å². The van der Waals surface area contributed by atoms with Gasteiger partial charge in [-0.3, -0.25) is 0 Å². The average Bonchev–Trinajstić information content (AvgIpc) is 2.73. The van der Waals surface area contributed by atoms with Crippen LogP contribution in [0.1, 0.15) is 19.8 Å². The molecule has 72 valence electrons. The Kier molecular flexibility index (Phi) is 1.53. The number of nitrogens with zero attached hydrogens (tertiary/aromatic N) is 3. The van der Waals surface area contributed by atoms with Gasteiger partial charge in [0.25, 0.3) is 0 Å². The highest BCUT2D eigenvalue weighted by atomic mass is 32.1. The summed E-state index contributed by atoms with van der Waals surface area (Å²) in [5.74, 6) is 0.872. The van der Waals surface area contributed by atoms with E-state index in [2.05, 4.69) is 27.2 Å². The smallest absolute Gasteiger partial charge is 0.157 e. The summed E-state index contributed by atoms with van der Waals surface area (Å²) in [6, 6.07) is 0. The Balaban J connectivity index is 2.06. The van der Waals surface area contributed by atoms with Gasteiger partial charge in [-0.1, -0.05) is 0 Å². The highest BCUT2D eigenvalue weighted by Crippen LogP contribution is 2.38. The lowest BCUT2D eigenvalue weighted by Gasteiger charge is -2.11. The molecule has 0 amide bonds. The average molecular weight is 206 g/mol. The van der Waals surface area contributed by atoms with Crippen molar-refractivity contribution < 1.29 is 0 Å². The lowest BCUT2D eigenvalue weighted by atomic mass is 10.3. The van der Waals surface area contributed by atoms with E-state index in [-0.39, 0.29) is 5.54 Å². The number of thiazole rings is 1. The maximum atomic E-state index is 4.26. The molecule has 1 saturated carbocycles. The summed E-state index contributed by atoms with van der Waals surface area (Å²) in [5, 5.41) is 3.41. The van der Waals surface area contributed by atoms with Gasteiger partial charge in [-0.2, -0.15) is 0 Å². The van der Waals surface area contributed by atoms with Crippen LogP contribution in [0.3, 0.4) is 0 Å². The van der Waals surface area contributed by atoms with Crippen LogP contribution in [0, 0.1) is 0 Å². The maximum absolute atomic E-state index is 4.26. The van der Waals surface area contributed by atoms with Gasteiger partial charge in [-0.15, -0.1) is 11.3 Å². The van der Waals surface area contributed by atoms with Crippen LogP contribution >= 0.6 is 11.3 Å². The molecule has 1 fully saturated rings. The largest absolute Gasteiger partial charge is 0.363 e. The number of anilines is 1. The third-order valence-electron chi connectivity index (χ3n) is 2.56. The summed E-state index contributed by atoms with van der Waals surface area (Å²) in [6.07, 6.45) is 4.01. The number of hydrogen-bond donors (Lipinski definition) is 1. The van der Waals surface area contributed by atoms with E-state index in [0.29, 0.717) is 0 Å². The Labute approximate surface area is 85.4 Å². The first-order chi connectivity index (χ1) is 6.77. The van der Waals surface area contributed by atoms with E-state index in [1.807, 2.05) is 0 Å². The fraction of sp³-hybridized carbons (Fsp3) is 0.444. The Morgan fingerprint density at radius 2 is 2.21 bits per heavy atom. The first kappa shape index (κ1) is 8.11. The molecule has 1 N–H and O–H groups in total. The monoisotopic (exact) mass is 206 g/mol. The van der Waals surface area contributed by atoms with Crippen LogP contribution in [0.15, 0.2) is 11.8 Å². The predicted octanol–water partition coefficient (Wildman–Crippen LogP) is 2.05. The van der Waals surface area contributed by atoms with Crippen molar-refractivity contribution in [1.82, 2.24) is 15.0 Å². The van der Waals surface area contributed by atoms with E-state index in [9.17, 15) is 0 Å². The van der Waals surface area contributed by atoms with E-state index in [1.165, 1.54) is 12.8 Å². The minimum Gasteiger partial charge on any atom is -0.363 e. The maximum Gasteiger partial charge on any atom is 0.157 e. The zero-order chi connectivity index (χ0) is 9.60. The van der Waals surface area contributed by atoms with Crippen LogP contribution in [0.4, 0.5) is 5.82 Å². The third-order valence-corrected chi connectivity index (χ3v) is 3.29. The zero-order valence-corrected chi connectivity index (χ0v) is 8.64. The molecule has 0 aliphatic heterocycles. The summed E-state index contributed by atoms with van der Waals surface area (Å²) in [5.41, 5.74) is 2.94. The molecule has 0 saturated heterocycles. The fourth-order valence-corrected chi connectivity index (χ4v) is 2.01. The van der Waals surface area contributed by atoms with Gasteiger partial charge in [0.15, 0.2) is 5.82 Å². The number of nitrogens with one attached hydrogen (secondary N) is 1. The fourth-order valence-electron chi connectivity index (χ4n) is 1.38. The third kappa shape index (κ3) is 1.24. The topological polar surface area (TPSA) is 50.7 Å². The minimum atomic E-state index is 0.241. The van der Waals surface area contributed by atoms with Gasteiger partial charge in [-0.25, -0.2) is 15.0 Å². The SMILES string of the molecule is CC1(Nc2ncnc3scnc23)CC1. The van der Waals surface area contributed by atoms with Gasteiger partial charge < -0.3 is 5.32 Å². The highest BCUT2D eigenvalue weighted by Gasteiger charge is 2.37. The number of fused-ring (bicyclic) bond motifs is 1. The second kappa shape index (κ2) is 2.63. The summed E-state index contributed by atoms with van der Waals surface area (Å²) in [6.45, 7) is 2.20. The molecule has 0 unspecified atom stereocenters. The first-order valence-electron chi connectivity index (χ1n) is 4.59. The van der Waals surface area contributed by atoms with E-state index in [4.69, 9.17) is 0 Å². The second-order valence-electron chi connectivity index (χ2n) is 3.91. The molecular formula is C9H10N4S. The number of hydrogen-bond acceptors (Lipinski definition) is 5. The summed E-state index contributed by atoms with van der Waals surface area (Å²) in [7, 11) is 0. The van der Waals surface area contributed by atoms with Crippen molar-refractivity contribution in [2.24, 2.45) is 0 Å². The summed E-state index contributed by atoms with van der Waals surface area (Å²) < 4.78 is 0. The Morgan fingerprint density at radius 3 is 3.00 bits per heavy atom. The molecule has 0 aromatic carbocycles. The molecule has 14 heavy (non-hydrogen) atoms. The van der Waals surface area contributed by atoms with Crippen molar-refractivity contribution in [2.75, 3.05) is 5.32 Å². The molecule has 2 aromatic rings. The number of aromatic nitrogens is 3. The molecule has 1 aliphatic carbocycles. The lowest BCUT2D eigenvalue weighted by Crippen LogP contribution is -2.17. The van der Waals surface area contributed by atoms with E-state index in [1.54, 1.807) is 23.2 Å². The lowest BCUT2D eigenvalue weighted by molar-refractivity contribution is 0.822. The van der Waals surface area contributed by atoms with E-state index >= 15 is 0 Å². The summed E-state index contributed by atoms with van der Waals surface area (Å²) >= 11 is 1.55. The normalized spacial score (nSPS) is 18.4. The number of rotatable bonds is 2. The van der Waals surface area contributed by atoms with Gasteiger partial charge in [-0.05, 0) is 19.8 Å². The Morgan fingerprint density at radius 1 is 1.36 bits per heavy atom. The second-order valence-corrected chi connectivity index (χ2v) is 4.75. The van der Waals surface area contributed by atoms with E-state index in [0.717, 1.165) is 16.2 Å². The van der Waals surface area contributed by atoms with Crippen molar-refractivity contribution in [3.8, 4) is 0 Å². The van der Waals surface area contributed by atoms with Crippen LogP contribution in [-0.4, -0.2) is 20.5 Å². The summed E-state index contributed by atoms with van der Waals surface area (Å²) in [4.78, 5) is 13.6. The predicted molar refractivity (Wildman–Crippen MR) is 56.5 cm³/mol. The van der Waals surface area contributed by atoms with Gasteiger partial charge in [0.2, 0.25) is 0 Å². The molecular weight excluding hydrogens is 196 g/mol. The Bertz CT molecular complexity index is 474. The molecule has 0 atom stereocenters. The zero-order valence-electron chi connectivity index (χ0n) is 7.82. The van der Waals surface area contributed by atoms with E-state index < -0.39 is 0 Å². The van der Waals surface area contributed by atoms with Crippen LogP contribution in [0.5, 0.6) is 0 Å². The molecule has 2 heterocycles. The van der Waals surface area contributed by atoms with Crippen LogP contribution in [0.2, 0.25) is 0 Å². The molecule has 3 rings (SSSR count). The first-order valence-corrected chi connectivity index (χ1v) is 5.47. The van der Waals surface area contributed by atoms with Crippen LogP contribution in [0.25, 0.3) is 10.3 Å². The molecule has 5 heteroatoms. The Hall–Kier alpha value is -1.23. The van der Waals surface area contributed by atoms with Crippen LogP contribution in [-0.2, 0) is 0 Å². The van der Waals surface area contributed by atoms with Gasteiger partial charge >= 0.3 is 0 Å².